The summed E-state index contributed by atoms with van der Waals surface area (Å²) in [5.41, 5.74) is 6.49. The van der Waals surface area contributed by atoms with Crippen molar-refractivity contribution in [3.63, 3.8) is 0 Å². The number of halogens is 1. The van der Waals surface area contributed by atoms with E-state index in [0.717, 1.165) is 9.90 Å². The van der Waals surface area contributed by atoms with E-state index in [2.05, 4.69) is 4.98 Å². The summed E-state index contributed by atoms with van der Waals surface area (Å²) in [4.78, 5) is 4.68. The van der Waals surface area contributed by atoms with Crippen molar-refractivity contribution in [2.24, 2.45) is 5.73 Å². The number of nitrogens with two attached hydrogens (primary N) is 1. The first kappa shape index (κ1) is 11.6. The molecular formula is C11H11FN2S2. The number of hydrogen-bond donors (Lipinski definition) is 1. The molecule has 1 heterocycles. The molecule has 0 aliphatic heterocycles. The standard InChI is InChI=1S/C11H11FN2S2/c1-7(13)8-2-3-10(9(12)6-8)16-11-14-4-5-15-11/h2-7H,13H2,1H3/t7-/m0/s1. The molecule has 5 heteroatoms. The lowest BCUT2D eigenvalue weighted by Crippen LogP contribution is -2.05. The Morgan fingerprint density at radius 2 is 2.31 bits per heavy atom. The van der Waals surface area contributed by atoms with Crippen LogP contribution >= 0.6 is 23.1 Å². The molecule has 2 aromatic rings. The maximum Gasteiger partial charge on any atom is 0.154 e. The van der Waals surface area contributed by atoms with Gasteiger partial charge in [-0.15, -0.1) is 11.3 Å². The second-order valence-corrected chi connectivity index (χ2v) is 5.56. The fourth-order valence-corrected chi connectivity index (χ4v) is 2.82. The number of benzene rings is 1. The van der Waals surface area contributed by atoms with Crippen LogP contribution in [0.5, 0.6) is 0 Å². The van der Waals surface area contributed by atoms with E-state index in [9.17, 15) is 4.39 Å². The van der Waals surface area contributed by atoms with E-state index < -0.39 is 0 Å². The fourth-order valence-electron chi connectivity index (χ4n) is 1.24. The molecule has 2 N–H and O–H groups in total. The van der Waals surface area contributed by atoms with Gasteiger partial charge in [-0.25, -0.2) is 9.37 Å². The zero-order valence-electron chi connectivity index (χ0n) is 8.68. The second kappa shape index (κ2) is 4.95. The van der Waals surface area contributed by atoms with Gasteiger partial charge in [0.2, 0.25) is 0 Å². The zero-order valence-corrected chi connectivity index (χ0v) is 10.3. The average Bonchev–Trinajstić information content (AvgIpc) is 2.73. The first-order valence-electron chi connectivity index (χ1n) is 4.79. The molecule has 0 saturated carbocycles. The van der Waals surface area contributed by atoms with E-state index in [1.807, 2.05) is 18.4 Å². The highest BCUT2D eigenvalue weighted by Crippen LogP contribution is 2.31. The third-order valence-electron chi connectivity index (χ3n) is 2.09. The quantitative estimate of drug-likeness (QED) is 0.911. The molecule has 0 unspecified atom stereocenters. The summed E-state index contributed by atoms with van der Waals surface area (Å²) < 4.78 is 14.5. The number of rotatable bonds is 3. The van der Waals surface area contributed by atoms with Gasteiger partial charge in [0.1, 0.15) is 5.82 Å². The van der Waals surface area contributed by atoms with Gasteiger partial charge in [-0.2, -0.15) is 0 Å². The summed E-state index contributed by atoms with van der Waals surface area (Å²) in [7, 11) is 0. The van der Waals surface area contributed by atoms with Crippen LogP contribution in [0, 0.1) is 5.82 Å². The van der Waals surface area contributed by atoms with Gasteiger partial charge in [0, 0.05) is 17.6 Å². The lowest BCUT2D eigenvalue weighted by Gasteiger charge is -2.07. The summed E-state index contributed by atoms with van der Waals surface area (Å²) in [6, 6.07) is 4.94. The molecule has 0 amide bonds. The van der Waals surface area contributed by atoms with E-state index in [1.165, 1.54) is 29.2 Å². The van der Waals surface area contributed by atoms with E-state index in [-0.39, 0.29) is 11.9 Å². The predicted molar refractivity (Wildman–Crippen MR) is 65.2 cm³/mol. The van der Waals surface area contributed by atoms with Gasteiger partial charge in [0.25, 0.3) is 0 Å². The Balaban J connectivity index is 2.23. The zero-order chi connectivity index (χ0) is 11.5. The lowest BCUT2D eigenvalue weighted by molar-refractivity contribution is 0.596. The van der Waals surface area contributed by atoms with Gasteiger partial charge in [0.05, 0.1) is 4.90 Å². The van der Waals surface area contributed by atoms with Crippen LogP contribution in [0.4, 0.5) is 4.39 Å². The van der Waals surface area contributed by atoms with Crippen LogP contribution in [0.2, 0.25) is 0 Å². The summed E-state index contributed by atoms with van der Waals surface area (Å²) >= 11 is 2.83. The first-order valence-corrected chi connectivity index (χ1v) is 6.49. The van der Waals surface area contributed by atoms with Crippen molar-refractivity contribution in [1.29, 1.82) is 0 Å². The molecule has 84 valence electrons. The molecule has 1 atom stereocenters. The molecule has 0 bridgehead atoms. The Labute approximate surface area is 102 Å². The minimum absolute atomic E-state index is 0.145. The monoisotopic (exact) mass is 254 g/mol. The SMILES string of the molecule is C[C@H](N)c1ccc(Sc2nccs2)c(F)c1. The molecule has 0 radical (unpaired) electrons. The largest absolute Gasteiger partial charge is 0.324 e. The van der Waals surface area contributed by atoms with Crippen molar-refractivity contribution in [1.82, 2.24) is 4.98 Å². The van der Waals surface area contributed by atoms with Crippen LogP contribution in [0.25, 0.3) is 0 Å². The molecule has 0 saturated heterocycles. The van der Waals surface area contributed by atoms with Gasteiger partial charge >= 0.3 is 0 Å². The Kier molecular flexibility index (Phi) is 3.58. The minimum Gasteiger partial charge on any atom is -0.324 e. The second-order valence-electron chi connectivity index (χ2n) is 3.38. The van der Waals surface area contributed by atoms with Crippen LogP contribution in [0.1, 0.15) is 18.5 Å². The van der Waals surface area contributed by atoms with Crippen molar-refractivity contribution >= 4 is 23.1 Å². The van der Waals surface area contributed by atoms with Crippen LogP contribution < -0.4 is 5.73 Å². The molecule has 0 fully saturated rings. The third kappa shape index (κ3) is 2.61. The predicted octanol–water partition coefficient (Wildman–Crippen LogP) is 3.45. The summed E-state index contributed by atoms with van der Waals surface area (Å²) in [6.45, 7) is 1.84. The number of hydrogen-bond acceptors (Lipinski definition) is 4. The minimum atomic E-state index is -0.241. The first-order chi connectivity index (χ1) is 7.66. The highest BCUT2D eigenvalue weighted by molar-refractivity contribution is 8.01. The van der Waals surface area contributed by atoms with Crippen molar-refractivity contribution < 1.29 is 4.39 Å². The number of aromatic nitrogens is 1. The van der Waals surface area contributed by atoms with Gasteiger partial charge in [-0.3, -0.25) is 0 Å². The number of thiazole rings is 1. The van der Waals surface area contributed by atoms with Gasteiger partial charge in [-0.05, 0) is 24.6 Å². The highest BCUT2D eigenvalue weighted by Gasteiger charge is 2.08. The van der Waals surface area contributed by atoms with Crippen LogP contribution in [-0.4, -0.2) is 4.98 Å². The van der Waals surface area contributed by atoms with Gasteiger partial charge in [0.15, 0.2) is 4.34 Å². The van der Waals surface area contributed by atoms with Gasteiger partial charge < -0.3 is 5.73 Å². The average molecular weight is 254 g/mol. The summed E-state index contributed by atoms with van der Waals surface area (Å²) in [5, 5.41) is 1.87. The molecular weight excluding hydrogens is 243 g/mol. The summed E-state index contributed by atoms with van der Waals surface area (Å²) in [5.74, 6) is -0.241. The molecule has 1 aromatic heterocycles. The van der Waals surface area contributed by atoms with E-state index in [0.29, 0.717) is 4.90 Å². The molecule has 2 rings (SSSR count). The fraction of sp³-hybridized carbons (Fsp3) is 0.182. The Bertz CT molecular complexity index is 469. The highest BCUT2D eigenvalue weighted by atomic mass is 32.2. The van der Waals surface area contributed by atoms with Crippen LogP contribution in [0.15, 0.2) is 39.0 Å². The maximum atomic E-state index is 13.7. The molecule has 1 aromatic carbocycles. The third-order valence-corrected chi connectivity index (χ3v) is 4.02. The van der Waals surface area contributed by atoms with Crippen LogP contribution in [-0.2, 0) is 0 Å². The van der Waals surface area contributed by atoms with Crippen molar-refractivity contribution in [3.8, 4) is 0 Å². The Morgan fingerprint density at radius 3 is 2.88 bits per heavy atom. The number of nitrogens with zero attached hydrogens (tertiary/aromatic N) is 1. The van der Waals surface area contributed by atoms with E-state index in [4.69, 9.17) is 5.73 Å². The normalized spacial score (nSPS) is 12.7. The van der Waals surface area contributed by atoms with E-state index >= 15 is 0 Å². The molecule has 16 heavy (non-hydrogen) atoms. The van der Waals surface area contributed by atoms with Crippen molar-refractivity contribution in [2.75, 3.05) is 0 Å². The smallest absolute Gasteiger partial charge is 0.154 e. The maximum absolute atomic E-state index is 13.7. The van der Waals surface area contributed by atoms with Crippen LogP contribution in [0.3, 0.4) is 0 Å². The molecule has 2 nitrogen and oxygen atoms in total. The van der Waals surface area contributed by atoms with E-state index in [1.54, 1.807) is 12.3 Å². The molecule has 0 spiro atoms. The Morgan fingerprint density at radius 1 is 1.50 bits per heavy atom. The van der Waals surface area contributed by atoms with Crippen molar-refractivity contribution in [3.05, 3.63) is 41.2 Å². The van der Waals surface area contributed by atoms with Gasteiger partial charge in [-0.1, -0.05) is 17.8 Å². The Hall–Kier alpha value is -0.910. The summed E-state index contributed by atoms with van der Waals surface area (Å²) in [6.07, 6.45) is 1.71. The topological polar surface area (TPSA) is 38.9 Å². The molecule has 0 aliphatic rings. The molecule has 0 aliphatic carbocycles. The van der Waals surface area contributed by atoms with Crippen molar-refractivity contribution in [2.45, 2.75) is 22.2 Å². The lowest BCUT2D eigenvalue weighted by atomic mass is 10.1.